The van der Waals surface area contributed by atoms with Gasteiger partial charge in [0, 0.05) is 22.0 Å². The van der Waals surface area contributed by atoms with Crippen molar-refractivity contribution in [2.24, 2.45) is 0 Å². The zero-order chi connectivity index (χ0) is 21.9. The van der Waals surface area contributed by atoms with E-state index in [0.717, 1.165) is 38.3 Å². The second-order valence-corrected chi connectivity index (χ2v) is 8.82. The van der Waals surface area contributed by atoms with E-state index in [4.69, 9.17) is 0 Å². The van der Waals surface area contributed by atoms with E-state index < -0.39 is 10.8 Å². The summed E-state index contributed by atoms with van der Waals surface area (Å²) < 4.78 is 10.8. The van der Waals surface area contributed by atoms with Gasteiger partial charge >= 0.3 is 0 Å². The molecule has 1 atom stereocenters. The fraction of sp³-hybridized carbons (Fsp3) is 0.280. The molecule has 0 saturated carbocycles. The van der Waals surface area contributed by atoms with Crippen LogP contribution < -0.4 is 0 Å². The Labute approximate surface area is 176 Å². The molecule has 0 saturated heterocycles. The topological polar surface area (TPSA) is 57.5 Å². The molecule has 0 bridgehead atoms. The lowest BCUT2D eigenvalue weighted by atomic mass is 9.85. The van der Waals surface area contributed by atoms with Crippen LogP contribution >= 0.6 is 0 Å². The summed E-state index contributed by atoms with van der Waals surface area (Å²) in [6.07, 6.45) is 1.68. The Morgan fingerprint density at radius 2 is 1.03 bits per heavy atom. The quantitative estimate of drug-likeness (QED) is 0.541. The van der Waals surface area contributed by atoms with Crippen molar-refractivity contribution in [1.82, 2.24) is 0 Å². The summed E-state index contributed by atoms with van der Waals surface area (Å²) in [7, 11) is -0.829. The van der Waals surface area contributed by atoms with Gasteiger partial charge in [-0.2, -0.15) is 0 Å². The lowest BCUT2D eigenvalue weighted by molar-refractivity contribution is 0.469. The zero-order valence-electron chi connectivity index (χ0n) is 18.3. The molecule has 2 N–H and O–H groups in total. The van der Waals surface area contributed by atoms with Gasteiger partial charge in [0.25, 0.3) is 0 Å². The van der Waals surface area contributed by atoms with Crippen molar-refractivity contribution in [2.75, 3.05) is 6.26 Å². The average Bonchev–Trinajstić information content (AvgIpc) is 2.68. The second-order valence-electron chi connectivity index (χ2n) is 7.44. The number of hydrogen-bond donors (Lipinski definition) is 2. The highest BCUT2D eigenvalue weighted by Gasteiger charge is 2.17. The number of benzene rings is 3. The number of aryl methyl sites for hydroxylation is 2. The Kier molecular flexibility index (Phi) is 7.26. The van der Waals surface area contributed by atoms with Crippen molar-refractivity contribution in [3.05, 3.63) is 75.8 Å². The van der Waals surface area contributed by atoms with Crippen LogP contribution in [0.25, 0.3) is 11.1 Å². The minimum Gasteiger partial charge on any atom is -0.508 e. The van der Waals surface area contributed by atoms with Gasteiger partial charge in [-0.3, -0.25) is 4.21 Å². The maximum Gasteiger partial charge on any atom is 0.119 e. The molecule has 0 radical (unpaired) electrons. The van der Waals surface area contributed by atoms with Gasteiger partial charge in [0.05, 0.1) is 0 Å². The van der Waals surface area contributed by atoms with Crippen LogP contribution in [-0.4, -0.2) is 20.7 Å². The molecule has 0 aromatic heterocycles. The highest BCUT2D eigenvalue weighted by Crippen LogP contribution is 2.40. The molecular weight excluding hydrogens is 380 g/mol. The minimum atomic E-state index is -0.829. The third-order valence-electron chi connectivity index (χ3n) is 5.46. The highest BCUT2D eigenvalue weighted by atomic mass is 32.2. The monoisotopic (exact) mass is 410 g/mol. The molecule has 0 heterocycles. The van der Waals surface area contributed by atoms with Crippen molar-refractivity contribution in [1.29, 1.82) is 0 Å². The molecule has 1 unspecified atom stereocenters. The number of phenols is 2. The molecule has 3 aromatic rings. The van der Waals surface area contributed by atoms with Crippen LogP contribution in [0.15, 0.2) is 47.4 Å². The van der Waals surface area contributed by atoms with Crippen molar-refractivity contribution < 1.29 is 14.4 Å². The first-order valence-corrected chi connectivity index (χ1v) is 11.1. The maximum absolute atomic E-state index is 10.8. The number of aromatic hydroxyl groups is 2. The van der Waals surface area contributed by atoms with Gasteiger partial charge in [0.15, 0.2) is 0 Å². The maximum atomic E-state index is 10.8. The van der Waals surface area contributed by atoms with Crippen LogP contribution in [0.1, 0.15) is 33.4 Å². The Morgan fingerprint density at radius 3 is 1.34 bits per heavy atom. The van der Waals surface area contributed by atoms with E-state index in [2.05, 4.69) is 0 Å². The molecule has 3 aromatic carbocycles. The van der Waals surface area contributed by atoms with E-state index in [-0.39, 0.29) is 0 Å². The Balaban J connectivity index is 0.000000278. The average molecular weight is 411 g/mol. The van der Waals surface area contributed by atoms with Crippen LogP contribution in [0.3, 0.4) is 0 Å². The van der Waals surface area contributed by atoms with Crippen LogP contribution in [-0.2, 0) is 10.8 Å². The summed E-state index contributed by atoms with van der Waals surface area (Å²) in [4.78, 5) is 0.887. The van der Waals surface area contributed by atoms with Crippen LogP contribution in [0, 0.1) is 41.5 Å². The van der Waals surface area contributed by atoms with Gasteiger partial charge in [-0.15, -0.1) is 0 Å². The summed E-state index contributed by atoms with van der Waals surface area (Å²) in [5, 5.41) is 19.9. The number of hydrogen-bond acceptors (Lipinski definition) is 3. The first-order valence-electron chi connectivity index (χ1n) is 9.54. The van der Waals surface area contributed by atoms with Gasteiger partial charge in [0.2, 0.25) is 0 Å². The predicted molar refractivity (Wildman–Crippen MR) is 122 cm³/mol. The van der Waals surface area contributed by atoms with Gasteiger partial charge in [-0.25, -0.2) is 0 Å². The first-order chi connectivity index (χ1) is 13.6. The van der Waals surface area contributed by atoms with Crippen molar-refractivity contribution in [3.63, 3.8) is 0 Å². The molecule has 0 spiro atoms. The smallest absolute Gasteiger partial charge is 0.119 e. The van der Waals surface area contributed by atoms with Crippen molar-refractivity contribution in [2.45, 2.75) is 46.4 Å². The lowest BCUT2D eigenvalue weighted by Crippen LogP contribution is -1.98. The lowest BCUT2D eigenvalue weighted by Gasteiger charge is -2.20. The molecule has 0 aliphatic carbocycles. The number of phenolic OH excluding ortho intramolecular Hbond substituents is 2. The van der Waals surface area contributed by atoms with Gasteiger partial charge in [0.1, 0.15) is 11.5 Å². The summed E-state index contributed by atoms with van der Waals surface area (Å²) >= 11 is 0. The molecule has 29 heavy (non-hydrogen) atoms. The minimum absolute atomic E-state index is 0.342. The summed E-state index contributed by atoms with van der Waals surface area (Å²) in [6.45, 7) is 12.0. The zero-order valence-corrected chi connectivity index (χ0v) is 19.1. The SMILES string of the molecule is CS(=O)c1ccccc1.Cc1cc(O)c(C)c(C)c1-c1c(C)cc(O)c(C)c1C. The Hall–Kier alpha value is -2.59. The van der Waals surface area contributed by atoms with Crippen molar-refractivity contribution >= 4 is 10.8 Å². The van der Waals surface area contributed by atoms with Gasteiger partial charge in [-0.05, 0) is 110 Å². The first kappa shape index (κ1) is 22.7. The van der Waals surface area contributed by atoms with E-state index in [9.17, 15) is 14.4 Å². The molecule has 4 heteroatoms. The van der Waals surface area contributed by atoms with E-state index in [1.165, 1.54) is 11.1 Å². The normalized spacial score (nSPS) is 11.6. The molecular formula is C25H30O3S. The van der Waals surface area contributed by atoms with Crippen molar-refractivity contribution in [3.8, 4) is 22.6 Å². The molecule has 0 aliphatic rings. The fourth-order valence-electron chi connectivity index (χ4n) is 3.50. The Bertz CT molecular complexity index is 992. The van der Waals surface area contributed by atoms with E-state index >= 15 is 0 Å². The highest BCUT2D eigenvalue weighted by molar-refractivity contribution is 7.84. The predicted octanol–water partition coefficient (Wildman–Crippen LogP) is 6.04. The molecule has 3 rings (SSSR count). The second kappa shape index (κ2) is 9.27. The summed E-state index contributed by atoms with van der Waals surface area (Å²) in [5.41, 5.74) is 8.46. The van der Waals surface area contributed by atoms with Crippen LogP contribution in [0.4, 0.5) is 0 Å². The third kappa shape index (κ3) is 4.88. The van der Waals surface area contributed by atoms with E-state index in [1.807, 2.05) is 84.0 Å². The van der Waals surface area contributed by atoms with Gasteiger partial charge < -0.3 is 10.2 Å². The third-order valence-corrected chi connectivity index (χ3v) is 6.40. The molecule has 0 fully saturated rings. The van der Waals surface area contributed by atoms with Crippen LogP contribution in [0.5, 0.6) is 11.5 Å². The van der Waals surface area contributed by atoms with Gasteiger partial charge in [-0.1, -0.05) is 18.2 Å². The summed E-state index contributed by atoms with van der Waals surface area (Å²) in [6, 6.07) is 13.0. The molecule has 154 valence electrons. The molecule has 3 nitrogen and oxygen atoms in total. The summed E-state index contributed by atoms with van der Waals surface area (Å²) in [5.74, 6) is 0.684. The largest absolute Gasteiger partial charge is 0.508 e. The van der Waals surface area contributed by atoms with E-state index in [1.54, 1.807) is 6.26 Å². The number of rotatable bonds is 2. The van der Waals surface area contributed by atoms with Crippen LogP contribution in [0.2, 0.25) is 0 Å². The standard InChI is InChI=1S/C18H22O2.C7H8OS/c1-9-7-15(19)11(3)13(5)17(9)18-10(2)8-16(20)12(4)14(18)6;1-9(8)7-5-3-2-4-6-7/h7-8,19-20H,1-6H3;2-6H,1H3. The molecule has 0 aliphatic heterocycles. The van der Waals surface area contributed by atoms with E-state index in [0.29, 0.717) is 11.5 Å². The fourth-order valence-corrected chi connectivity index (χ4v) is 4.04. The Morgan fingerprint density at radius 1 is 0.655 bits per heavy atom. The molecule has 0 amide bonds.